The van der Waals surface area contributed by atoms with Crippen LogP contribution in [0.3, 0.4) is 0 Å². The third-order valence-corrected chi connectivity index (χ3v) is 4.20. The van der Waals surface area contributed by atoms with Gasteiger partial charge in [0.25, 0.3) is 0 Å². The third kappa shape index (κ3) is 6.74. The van der Waals surface area contributed by atoms with Gasteiger partial charge in [0.15, 0.2) is 18.5 Å². The number of ether oxygens (including phenoxy) is 4. The molecule has 12 heteroatoms. The number of carbonyl (C=O) groups excluding carboxylic acids is 3. The fraction of sp³-hybridized carbons (Fsp3) is 0.474. The zero-order chi connectivity index (χ0) is 23.1. The number of aliphatic carboxylic acids is 1. The molecule has 1 fully saturated rings. The molecule has 1 aliphatic rings. The Labute approximate surface area is 176 Å². The Kier molecular flexibility index (Phi) is 8.02. The fourth-order valence-corrected chi connectivity index (χ4v) is 2.97. The Balaban J connectivity index is 2.28. The standard InChI is InChI=1S/C19H21NO11/c1-10(21)29-16-13(9-28-15(25)6-5-14(23)24)31-18(17(16)30-11(2)22)20-7-3-4-12(8-20)19(26)27/h3-4,7-8,13,16-18H,5-6,9H2,1-2H3,(H-,23,24,26,27)/p+1/t13?,16-,17-,18-/m1/s1. The second-order valence-corrected chi connectivity index (χ2v) is 6.63. The molecule has 0 spiro atoms. The lowest BCUT2D eigenvalue weighted by Gasteiger charge is -2.21. The van der Waals surface area contributed by atoms with E-state index in [2.05, 4.69) is 0 Å². The van der Waals surface area contributed by atoms with E-state index in [1.807, 2.05) is 0 Å². The van der Waals surface area contributed by atoms with Crippen LogP contribution >= 0.6 is 0 Å². The second-order valence-electron chi connectivity index (χ2n) is 6.63. The summed E-state index contributed by atoms with van der Waals surface area (Å²) in [6.45, 7) is 1.86. The quantitative estimate of drug-likeness (QED) is 0.297. The van der Waals surface area contributed by atoms with Crippen LogP contribution in [0, 0.1) is 0 Å². The summed E-state index contributed by atoms with van der Waals surface area (Å²) in [5.41, 5.74) is -0.0692. The van der Waals surface area contributed by atoms with Gasteiger partial charge in [-0.25, -0.2) is 4.79 Å². The molecule has 31 heavy (non-hydrogen) atoms. The third-order valence-electron chi connectivity index (χ3n) is 4.20. The molecule has 12 nitrogen and oxygen atoms in total. The minimum absolute atomic E-state index is 0.0692. The number of rotatable bonds is 9. The summed E-state index contributed by atoms with van der Waals surface area (Å²) in [4.78, 5) is 56.9. The van der Waals surface area contributed by atoms with Gasteiger partial charge in [0.2, 0.25) is 6.10 Å². The number of carboxylic acids is 2. The number of esters is 3. The van der Waals surface area contributed by atoms with Crippen LogP contribution in [0.2, 0.25) is 0 Å². The van der Waals surface area contributed by atoms with Crippen molar-refractivity contribution in [2.45, 2.75) is 51.2 Å². The Morgan fingerprint density at radius 1 is 1.03 bits per heavy atom. The number of nitrogens with zero attached hydrogens (tertiary/aromatic N) is 1. The molecule has 0 aliphatic carbocycles. The molecule has 0 radical (unpaired) electrons. The lowest BCUT2D eigenvalue weighted by Crippen LogP contribution is -2.48. The van der Waals surface area contributed by atoms with Gasteiger partial charge < -0.3 is 29.2 Å². The number of aromatic nitrogens is 1. The Morgan fingerprint density at radius 2 is 1.68 bits per heavy atom. The van der Waals surface area contributed by atoms with E-state index >= 15 is 0 Å². The van der Waals surface area contributed by atoms with E-state index in [0.29, 0.717) is 0 Å². The number of aromatic carboxylic acids is 1. The van der Waals surface area contributed by atoms with Crippen LogP contribution in [0.1, 0.15) is 43.3 Å². The maximum Gasteiger partial charge on any atom is 0.341 e. The smallest absolute Gasteiger partial charge is 0.341 e. The fourth-order valence-electron chi connectivity index (χ4n) is 2.97. The van der Waals surface area contributed by atoms with Crippen LogP contribution in [0.5, 0.6) is 0 Å². The summed E-state index contributed by atoms with van der Waals surface area (Å²) in [5, 5.41) is 17.9. The molecule has 0 amide bonds. The van der Waals surface area contributed by atoms with Crippen LogP contribution in [-0.4, -0.2) is 65.0 Å². The maximum atomic E-state index is 11.8. The first-order valence-electron chi connectivity index (χ1n) is 9.20. The highest BCUT2D eigenvalue weighted by molar-refractivity contribution is 5.86. The number of hydrogen-bond acceptors (Lipinski definition) is 9. The van der Waals surface area contributed by atoms with Gasteiger partial charge in [0, 0.05) is 19.9 Å². The first-order valence-corrected chi connectivity index (χ1v) is 9.20. The molecule has 0 saturated carbocycles. The second kappa shape index (κ2) is 10.5. The van der Waals surface area contributed by atoms with Gasteiger partial charge in [0.1, 0.15) is 18.3 Å². The molecule has 2 rings (SSSR count). The van der Waals surface area contributed by atoms with E-state index in [1.165, 1.54) is 29.1 Å². The maximum absolute atomic E-state index is 11.8. The van der Waals surface area contributed by atoms with Crippen molar-refractivity contribution in [3.8, 4) is 0 Å². The Hall–Kier alpha value is -3.54. The molecular weight excluding hydrogens is 418 g/mol. The number of hydrogen-bond donors (Lipinski definition) is 2. The van der Waals surface area contributed by atoms with Crippen molar-refractivity contribution in [3.05, 3.63) is 30.1 Å². The van der Waals surface area contributed by atoms with Crippen molar-refractivity contribution >= 4 is 29.8 Å². The van der Waals surface area contributed by atoms with Crippen molar-refractivity contribution in [2.75, 3.05) is 6.61 Å². The number of carboxylic acid groups (broad SMARTS) is 2. The van der Waals surface area contributed by atoms with Gasteiger partial charge in [-0.3, -0.25) is 19.2 Å². The largest absolute Gasteiger partial charge is 0.481 e. The Bertz CT molecular complexity index is 868. The molecule has 0 bridgehead atoms. The lowest BCUT2D eigenvalue weighted by atomic mass is 10.1. The molecule has 1 unspecified atom stereocenters. The molecule has 2 N–H and O–H groups in total. The van der Waals surface area contributed by atoms with E-state index < -0.39 is 67.4 Å². The highest BCUT2D eigenvalue weighted by Gasteiger charge is 2.54. The van der Waals surface area contributed by atoms with Gasteiger partial charge in [0.05, 0.1) is 12.8 Å². The summed E-state index contributed by atoms with van der Waals surface area (Å²) in [6.07, 6.45) is -2.56. The summed E-state index contributed by atoms with van der Waals surface area (Å²) < 4.78 is 22.7. The van der Waals surface area contributed by atoms with E-state index in [9.17, 15) is 29.1 Å². The normalized spacial score (nSPS) is 22.4. The average molecular weight is 440 g/mol. The van der Waals surface area contributed by atoms with Crippen molar-refractivity contribution in [1.82, 2.24) is 0 Å². The van der Waals surface area contributed by atoms with Crippen molar-refractivity contribution in [2.24, 2.45) is 0 Å². The van der Waals surface area contributed by atoms with Crippen molar-refractivity contribution < 1.29 is 57.7 Å². The van der Waals surface area contributed by atoms with Crippen LogP contribution in [0.15, 0.2) is 24.5 Å². The van der Waals surface area contributed by atoms with Gasteiger partial charge in [-0.2, -0.15) is 4.57 Å². The van der Waals surface area contributed by atoms with Crippen molar-refractivity contribution in [3.63, 3.8) is 0 Å². The SMILES string of the molecule is CC(=O)O[C@@H]1[C@H](OC(C)=O)C(COC(=O)CCC(=O)O)O[C@H]1[n+]1cccc(C(=O)O)c1. The van der Waals surface area contributed by atoms with Crippen LogP contribution < -0.4 is 4.57 Å². The number of pyridine rings is 1. The topological polar surface area (TPSA) is 167 Å². The molecule has 1 saturated heterocycles. The molecule has 0 aromatic carbocycles. The first-order chi connectivity index (χ1) is 14.6. The van der Waals surface area contributed by atoms with Gasteiger partial charge >= 0.3 is 36.1 Å². The Morgan fingerprint density at radius 3 is 2.26 bits per heavy atom. The first kappa shape index (κ1) is 23.7. The van der Waals surface area contributed by atoms with E-state index in [-0.39, 0.29) is 12.0 Å². The molecular formula is C19H22NO11+. The summed E-state index contributed by atoms with van der Waals surface area (Å²) in [7, 11) is 0. The molecule has 1 aromatic heterocycles. The average Bonchev–Trinajstić information content (AvgIpc) is 3.01. The summed E-state index contributed by atoms with van der Waals surface area (Å²) in [6, 6.07) is 2.79. The van der Waals surface area contributed by atoms with Gasteiger partial charge in [-0.15, -0.1) is 0 Å². The van der Waals surface area contributed by atoms with Crippen LogP contribution in [0.4, 0.5) is 0 Å². The van der Waals surface area contributed by atoms with Gasteiger partial charge in [-0.05, 0) is 6.07 Å². The molecule has 4 atom stereocenters. The minimum atomic E-state index is -1.20. The molecule has 1 aromatic rings. The van der Waals surface area contributed by atoms with Crippen LogP contribution in [-0.2, 0) is 38.1 Å². The molecule has 2 heterocycles. The van der Waals surface area contributed by atoms with E-state index in [4.69, 9.17) is 24.1 Å². The monoisotopic (exact) mass is 440 g/mol. The predicted molar refractivity (Wildman–Crippen MR) is 96.4 cm³/mol. The highest BCUT2D eigenvalue weighted by Crippen LogP contribution is 2.31. The van der Waals surface area contributed by atoms with Crippen LogP contribution in [0.25, 0.3) is 0 Å². The highest BCUT2D eigenvalue weighted by atomic mass is 16.7. The zero-order valence-corrected chi connectivity index (χ0v) is 16.8. The predicted octanol–water partition coefficient (Wildman–Crippen LogP) is -0.159. The van der Waals surface area contributed by atoms with E-state index in [0.717, 1.165) is 13.8 Å². The zero-order valence-electron chi connectivity index (χ0n) is 16.8. The van der Waals surface area contributed by atoms with Gasteiger partial charge in [-0.1, -0.05) is 0 Å². The minimum Gasteiger partial charge on any atom is -0.481 e. The molecule has 168 valence electrons. The summed E-state index contributed by atoms with van der Waals surface area (Å²) in [5.74, 6) is -4.59. The van der Waals surface area contributed by atoms with Crippen molar-refractivity contribution in [1.29, 1.82) is 0 Å². The summed E-state index contributed by atoms with van der Waals surface area (Å²) >= 11 is 0. The molecule has 1 aliphatic heterocycles. The van der Waals surface area contributed by atoms with E-state index in [1.54, 1.807) is 0 Å². The number of carbonyl (C=O) groups is 5. The lowest BCUT2D eigenvalue weighted by molar-refractivity contribution is -0.765.